The molecule has 0 bridgehead atoms. The summed E-state index contributed by atoms with van der Waals surface area (Å²) < 4.78 is 0. The zero-order chi connectivity index (χ0) is 56.4. The van der Waals surface area contributed by atoms with Crippen LogP contribution in [0.25, 0.3) is 0 Å². The molecule has 0 spiro atoms. The Labute approximate surface area is 431 Å². The highest BCUT2D eigenvalue weighted by molar-refractivity contribution is 5.98. The van der Waals surface area contributed by atoms with Crippen LogP contribution in [-0.4, -0.2) is 172 Å². The third kappa shape index (κ3) is 18.3. The molecule has 0 saturated heterocycles. The fourth-order valence-corrected chi connectivity index (χ4v) is 9.04. The molecule has 4 unspecified atom stereocenters. The van der Waals surface area contributed by atoms with Crippen molar-refractivity contribution in [2.24, 2.45) is 47.2 Å². The van der Waals surface area contributed by atoms with Crippen molar-refractivity contribution >= 4 is 59.1 Å². The number of carboxylic acids is 1. The second-order valence-electron chi connectivity index (χ2n) is 21.3. The van der Waals surface area contributed by atoms with Crippen LogP contribution < -0.4 is 21.7 Å². The first kappa shape index (κ1) is 66.7. The van der Waals surface area contributed by atoms with E-state index in [0.29, 0.717) is 25.7 Å². The van der Waals surface area contributed by atoms with Crippen molar-refractivity contribution in [3.8, 4) is 0 Å². The molecule has 0 aliphatic rings. The lowest BCUT2D eigenvalue weighted by molar-refractivity contribution is -0.160. The number of hydrogen-bond donors (Lipinski definition) is 5. The van der Waals surface area contributed by atoms with Gasteiger partial charge in [-0.25, -0.2) is 4.79 Å². The Hall–Kier alpha value is -5.30. The summed E-state index contributed by atoms with van der Waals surface area (Å²) in [6, 6.07) is -9.01. The smallest absolute Gasteiger partial charge is 0.326 e. The first-order chi connectivity index (χ1) is 33.2. The molecule has 20 nitrogen and oxygen atoms in total. The summed E-state index contributed by atoms with van der Waals surface area (Å²) in [6.45, 7) is 26.5. The number of nitrogens with two attached hydrogens (primary N) is 1. The Morgan fingerprint density at radius 2 is 0.792 bits per heavy atom. The van der Waals surface area contributed by atoms with Gasteiger partial charge in [-0.05, 0) is 54.3 Å². The highest BCUT2D eigenvalue weighted by Gasteiger charge is 2.46. The normalized spacial score (nSPS) is 16.5. The molecule has 0 aliphatic heterocycles. The highest BCUT2D eigenvalue weighted by Crippen LogP contribution is 2.27. The molecule has 72 heavy (non-hydrogen) atoms. The number of carbonyl (C=O) groups excluding carboxylic acids is 9. The van der Waals surface area contributed by atoms with E-state index in [-0.39, 0.29) is 37.0 Å². The molecule has 9 amide bonds. The Kier molecular flexibility index (Phi) is 28.4. The van der Waals surface area contributed by atoms with Crippen LogP contribution in [-0.2, 0) is 47.9 Å². The molecule has 0 rings (SSSR count). The van der Waals surface area contributed by atoms with Crippen molar-refractivity contribution < 1.29 is 53.1 Å². The lowest BCUT2D eigenvalue weighted by Gasteiger charge is -2.43. The number of carboxylic acid groups (broad SMARTS) is 1. The largest absolute Gasteiger partial charge is 0.480 e. The van der Waals surface area contributed by atoms with E-state index >= 15 is 4.79 Å². The van der Waals surface area contributed by atoms with E-state index in [2.05, 4.69) is 16.0 Å². The van der Waals surface area contributed by atoms with Gasteiger partial charge in [0.2, 0.25) is 53.2 Å². The van der Waals surface area contributed by atoms with Crippen molar-refractivity contribution in [1.29, 1.82) is 0 Å². The van der Waals surface area contributed by atoms with E-state index in [0.717, 1.165) is 0 Å². The molecular weight excluding hydrogens is 927 g/mol. The second kappa shape index (κ2) is 30.7. The monoisotopic (exact) mass is 1020 g/mol. The first-order valence-electron chi connectivity index (χ1n) is 25.9. The number of carbonyl (C=O) groups is 10. The predicted octanol–water partition coefficient (Wildman–Crippen LogP) is 3.49. The fraction of sp³-hybridized carbons (Fsp3) is 0.808. The maximum Gasteiger partial charge on any atom is 0.326 e. The molecule has 20 heteroatoms. The van der Waals surface area contributed by atoms with Crippen molar-refractivity contribution in [1.82, 2.24) is 40.4 Å². The quantitative estimate of drug-likeness (QED) is 0.0671. The Balaban J connectivity index is 7.15. The summed E-state index contributed by atoms with van der Waals surface area (Å²) in [6.07, 6.45) is 1.79. The molecule has 6 N–H and O–H groups in total. The van der Waals surface area contributed by atoms with Crippen molar-refractivity contribution in [3.05, 3.63) is 0 Å². The highest BCUT2D eigenvalue weighted by atomic mass is 16.4. The first-order valence-corrected chi connectivity index (χ1v) is 25.9. The van der Waals surface area contributed by atoms with Gasteiger partial charge in [0.05, 0.1) is 0 Å². The van der Waals surface area contributed by atoms with Crippen LogP contribution in [0.15, 0.2) is 0 Å². The van der Waals surface area contributed by atoms with Gasteiger partial charge in [0.1, 0.15) is 48.3 Å². The number of nitrogens with one attached hydrogen (secondary N) is 3. The van der Waals surface area contributed by atoms with Crippen LogP contribution in [0.4, 0.5) is 0 Å². The summed E-state index contributed by atoms with van der Waals surface area (Å²) in [4.78, 5) is 144. The third-order valence-electron chi connectivity index (χ3n) is 14.5. The van der Waals surface area contributed by atoms with E-state index < -0.39 is 131 Å². The molecule has 0 saturated carbocycles. The van der Waals surface area contributed by atoms with Crippen molar-refractivity contribution in [2.75, 3.05) is 35.2 Å². The molecule has 0 aromatic rings. The van der Waals surface area contributed by atoms with E-state index in [1.807, 2.05) is 62.3 Å². The van der Waals surface area contributed by atoms with Gasteiger partial charge in [0.15, 0.2) is 0 Å². The van der Waals surface area contributed by atoms with E-state index in [9.17, 15) is 48.3 Å². The van der Waals surface area contributed by atoms with Gasteiger partial charge in [0.25, 0.3) is 0 Å². The number of amides is 9. The SMILES string of the molecule is CCC(C)[C@@H](C(=O)N(C)[C@H](C(=O)N(C)[C@H](C(=O)N(C)[C@H](C(=O)O)C(C)CC)C(C)CC)C(C)CC)N(C)C(=O)[C@@H](NC(=O)[C@H](CC(C)C)N(C)C(=O)[C@@H](NC(=O)[C@@H](CCC(N)=O)NC(C)=O)C(C)C)C(C)C. The number of primary amides is 1. The molecule has 0 heterocycles. The van der Waals surface area contributed by atoms with Crippen LogP contribution in [0, 0.1) is 41.4 Å². The average Bonchev–Trinajstić information content (AvgIpc) is 3.30. The number of rotatable bonds is 31. The van der Waals surface area contributed by atoms with Crippen LogP contribution in [0.2, 0.25) is 0 Å². The molecule has 12 atom stereocenters. The standard InChI is InChI=1S/C52H95N9O11/c1-21-31(11)41(49(68)59(18)42(32(12)22-2)50(69)60(19)43(33(13)23-3)51(70)61(20)44(52(71)72)34(14)24-4)58(17)48(67)40(30(9)10)56-46(65)37(27-28(5)6)57(16)47(66)39(29(7)8)55-45(64)36(54-35(15)62)25-26-38(53)63/h28-34,36-37,39-44H,21-27H2,1-20H3,(H2,53,63)(H,54,62)(H,55,64)(H,56,65)(H,71,72)/t31?,32?,33?,34?,36-,37+,39+,40+,41+,42+,43+,44+/m1/s1. The molecule has 0 aromatic heterocycles. The predicted molar refractivity (Wildman–Crippen MR) is 277 cm³/mol. The van der Waals surface area contributed by atoms with Crippen LogP contribution in [0.1, 0.15) is 149 Å². The van der Waals surface area contributed by atoms with Crippen LogP contribution in [0.3, 0.4) is 0 Å². The van der Waals surface area contributed by atoms with Gasteiger partial charge in [-0.2, -0.15) is 0 Å². The minimum atomic E-state index is -1.18. The van der Waals surface area contributed by atoms with Crippen molar-refractivity contribution in [2.45, 2.75) is 197 Å². The van der Waals surface area contributed by atoms with E-state index in [4.69, 9.17) is 5.73 Å². The molecule has 0 aromatic carbocycles. The third-order valence-corrected chi connectivity index (χ3v) is 14.5. The Bertz CT molecular complexity index is 1860. The van der Waals surface area contributed by atoms with Crippen molar-refractivity contribution in [3.63, 3.8) is 0 Å². The fourth-order valence-electron chi connectivity index (χ4n) is 9.04. The Morgan fingerprint density at radius 3 is 1.10 bits per heavy atom. The summed E-state index contributed by atoms with van der Waals surface area (Å²) in [7, 11) is 7.37. The summed E-state index contributed by atoms with van der Waals surface area (Å²) in [5.41, 5.74) is 5.30. The zero-order valence-electron chi connectivity index (χ0n) is 47.5. The lowest BCUT2D eigenvalue weighted by atomic mass is 9.90. The van der Waals surface area contributed by atoms with Crippen LogP contribution in [0.5, 0.6) is 0 Å². The topological polar surface area (TPSA) is 269 Å². The Morgan fingerprint density at radius 1 is 0.472 bits per heavy atom. The second-order valence-corrected chi connectivity index (χ2v) is 21.3. The molecule has 0 radical (unpaired) electrons. The van der Waals surface area contributed by atoms with E-state index in [1.165, 1.54) is 66.7 Å². The van der Waals surface area contributed by atoms with Gasteiger partial charge in [-0.3, -0.25) is 43.2 Å². The molecule has 0 fully saturated rings. The van der Waals surface area contributed by atoms with Gasteiger partial charge >= 0.3 is 5.97 Å². The number of likely N-dealkylation sites (N-methyl/N-ethyl adjacent to an activating group) is 5. The van der Waals surface area contributed by atoms with Gasteiger partial charge in [-0.1, -0.05) is 123 Å². The summed E-state index contributed by atoms with van der Waals surface area (Å²) in [5.74, 6) is -9.23. The lowest BCUT2D eigenvalue weighted by Crippen LogP contribution is -2.63. The summed E-state index contributed by atoms with van der Waals surface area (Å²) in [5, 5.41) is 18.2. The van der Waals surface area contributed by atoms with Gasteiger partial charge in [0, 0.05) is 48.6 Å². The maximum atomic E-state index is 15.0. The maximum absolute atomic E-state index is 15.0. The van der Waals surface area contributed by atoms with Gasteiger partial charge in [-0.15, -0.1) is 0 Å². The minimum Gasteiger partial charge on any atom is -0.480 e. The zero-order valence-corrected chi connectivity index (χ0v) is 47.5. The number of aliphatic carboxylic acids is 1. The molecular formula is C52H95N9O11. The van der Waals surface area contributed by atoms with Crippen LogP contribution >= 0.6 is 0 Å². The van der Waals surface area contributed by atoms with E-state index in [1.54, 1.807) is 34.6 Å². The molecule has 414 valence electrons. The average molecular weight is 1020 g/mol. The number of hydrogen-bond acceptors (Lipinski definition) is 10. The number of nitrogens with zero attached hydrogens (tertiary/aromatic N) is 5. The molecule has 0 aliphatic carbocycles. The summed E-state index contributed by atoms with van der Waals surface area (Å²) >= 11 is 0. The minimum absolute atomic E-state index is 0.101. The van der Waals surface area contributed by atoms with Gasteiger partial charge < -0.3 is 51.3 Å².